The molecule has 0 saturated heterocycles. The van der Waals surface area contributed by atoms with Crippen molar-refractivity contribution in [3.8, 4) is 5.75 Å². The van der Waals surface area contributed by atoms with Gasteiger partial charge in [0.1, 0.15) is 11.3 Å². The first kappa shape index (κ1) is 28.6. The van der Waals surface area contributed by atoms with E-state index < -0.39 is 0 Å². The summed E-state index contributed by atoms with van der Waals surface area (Å²) in [4.78, 5) is 43.3. The first-order chi connectivity index (χ1) is 19.4. The van der Waals surface area contributed by atoms with Crippen LogP contribution in [0.1, 0.15) is 23.1 Å². The number of benzene rings is 3. The van der Waals surface area contributed by atoms with Gasteiger partial charge in [-0.05, 0) is 43.2 Å². The monoisotopic (exact) mass is 542 g/mol. The van der Waals surface area contributed by atoms with Crippen molar-refractivity contribution < 1.29 is 23.5 Å². The molecule has 0 aliphatic rings. The van der Waals surface area contributed by atoms with Gasteiger partial charge in [-0.2, -0.15) is 0 Å². The van der Waals surface area contributed by atoms with Crippen LogP contribution in [-0.2, 0) is 27.4 Å². The van der Waals surface area contributed by atoms with E-state index in [1.165, 1.54) is 11.2 Å². The van der Waals surface area contributed by atoms with E-state index in [2.05, 4.69) is 0 Å². The Morgan fingerprint density at radius 3 is 2.33 bits per heavy atom. The molecule has 2 amide bonds. The van der Waals surface area contributed by atoms with Crippen molar-refractivity contribution in [1.82, 2.24) is 9.80 Å². The molecule has 0 aliphatic carbocycles. The molecule has 0 unspecified atom stereocenters. The minimum atomic E-state index is -0.311. The van der Waals surface area contributed by atoms with E-state index in [-0.39, 0.29) is 43.5 Å². The molecular weight excluding hydrogens is 508 g/mol. The number of hydrogen-bond donors (Lipinski definition) is 0. The van der Waals surface area contributed by atoms with Crippen LogP contribution in [0, 0.1) is 6.92 Å². The van der Waals surface area contributed by atoms with Crippen LogP contribution in [0.5, 0.6) is 5.75 Å². The predicted molar refractivity (Wildman–Crippen MR) is 153 cm³/mol. The van der Waals surface area contributed by atoms with Crippen molar-refractivity contribution >= 4 is 22.8 Å². The molecule has 8 nitrogen and oxygen atoms in total. The van der Waals surface area contributed by atoms with Crippen molar-refractivity contribution in [1.29, 1.82) is 0 Å². The highest BCUT2D eigenvalue weighted by molar-refractivity contribution is 5.85. The Labute approximate surface area is 233 Å². The Bertz CT molecular complexity index is 1470. The quantitative estimate of drug-likeness (QED) is 0.230. The third kappa shape index (κ3) is 7.80. The lowest BCUT2D eigenvalue weighted by molar-refractivity contribution is -0.142. The molecule has 0 saturated carbocycles. The molecule has 0 aliphatic heterocycles. The van der Waals surface area contributed by atoms with Crippen molar-refractivity contribution in [2.45, 2.75) is 26.4 Å². The minimum absolute atomic E-state index is 0.0422. The number of amides is 2. The molecule has 4 rings (SSSR count). The van der Waals surface area contributed by atoms with Gasteiger partial charge < -0.3 is 23.7 Å². The van der Waals surface area contributed by atoms with E-state index in [4.69, 9.17) is 13.9 Å². The smallest absolute Gasteiger partial charge is 0.260 e. The normalized spacial score (nSPS) is 10.8. The Morgan fingerprint density at radius 1 is 0.875 bits per heavy atom. The fourth-order valence-electron chi connectivity index (χ4n) is 4.34. The molecule has 1 aromatic heterocycles. The molecular formula is C32H34N2O6. The molecule has 208 valence electrons. The summed E-state index contributed by atoms with van der Waals surface area (Å²) in [6, 6.07) is 24.0. The van der Waals surface area contributed by atoms with Gasteiger partial charge in [0, 0.05) is 26.8 Å². The van der Waals surface area contributed by atoms with Gasteiger partial charge in [0.2, 0.25) is 5.91 Å². The van der Waals surface area contributed by atoms with Crippen molar-refractivity contribution in [3.05, 3.63) is 112 Å². The molecule has 1 heterocycles. The van der Waals surface area contributed by atoms with Crippen molar-refractivity contribution in [2.75, 3.05) is 33.4 Å². The fraction of sp³-hybridized carbons (Fsp3) is 0.281. The second kappa shape index (κ2) is 14.1. The van der Waals surface area contributed by atoms with Gasteiger partial charge >= 0.3 is 0 Å². The third-order valence-electron chi connectivity index (χ3n) is 6.49. The number of para-hydroxylation sites is 1. The van der Waals surface area contributed by atoms with Gasteiger partial charge in [0.05, 0.1) is 30.3 Å². The SMILES string of the molecule is COCCCN(CC(=O)N(Cc1ccccc1)Cc1coc2ccc(C)cc2c1=O)C(=O)COc1ccccc1. The molecule has 0 fully saturated rings. The highest BCUT2D eigenvalue weighted by Crippen LogP contribution is 2.16. The maximum absolute atomic E-state index is 13.7. The van der Waals surface area contributed by atoms with Crippen LogP contribution in [0.4, 0.5) is 0 Å². The van der Waals surface area contributed by atoms with Crippen LogP contribution in [0.25, 0.3) is 11.0 Å². The van der Waals surface area contributed by atoms with Gasteiger partial charge in [0.15, 0.2) is 12.0 Å². The lowest BCUT2D eigenvalue weighted by Crippen LogP contribution is -2.45. The number of carbonyl (C=O) groups is 2. The van der Waals surface area contributed by atoms with Crippen LogP contribution < -0.4 is 10.2 Å². The Balaban J connectivity index is 1.55. The second-order valence-corrected chi connectivity index (χ2v) is 9.59. The van der Waals surface area contributed by atoms with Crippen LogP contribution in [0.3, 0.4) is 0 Å². The number of hydrogen-bond acceptors (Lipinski definition) is 6. The molecule has 40 heavy (non-hydrogen) atoms. The largest absolute Gasteiger partial charge is 0.484 e. The van der Waals surface area contributed by atoms with E-state index in [1.54, 1.807) is 36.3 Å². The van der Waals surface area contributed by atoms with Crippen LogP contribution in [0.15, 0.2) is 94.3 Å². The van der Waals surface area contributed by atoms with E-state index in [9.17, 15) is 14.4 Å². The molecule has 4 aromatic rings. The summed E-state index contributed by atoms with van der Waals surface area (Å²) < 4.78 is 16.5. The molecule has 0 N–H and O–H groups in total. The number of methoxy groups -OCH3 is 1. The van der Waals surface area contributed by atoms with Crippen LogP contribution >= 0.6 is 0 Å². The summed E-state index contributed by atoms with van der Waals surface area (Å²) >= 11 is 0. The second-order valence-electron chi connectivity index (χ2n) is 9.59. The Hall–Kier alpha value is -4.43. The lowest BCUT2D eigenvalue weighted by atomic mass is 10.1. The van der Waals surface area contributed by atoms with E-state index in [0.717, 1.165) is 11.1 Å². The standard InChI is InChI=1S/C32H34N2O6/c1-24-14-15-29-28(18-24)32(37)26(22-40-29)20-34(19-25-10-5-3-6-11-25)30(35)21-33(16-9-17-38-2)31(36)23-39-27-12-7-4-8-13-27/h3-8,10-15,18,22H,9,16-17,19-21,23H2,1-2H3. The molecule has 0 spiro atoms. The van der Waals surface area contributed by atoms with Gasteiger partial charge in [-0.1, -0.05) is 60.2 Å². The zero-order valence-corrected chi connectivity index (χ0v) is 22.9. The van der Waals surface area contributed by atoms with Gasteiger partial charge in [-0.15, -0.1) is 0 Å². The van der Waals surface area contributed by atoms with Gasteiger partial charge in [0.25, 0.3) is 5.91 Å². The summed E-state index contributed by atoms with van der Waals surface area (Å²) in [5.41, 5.74) is 2.53. The summed E-state index contributed by atoms with van der Waals surface area (Å²) in [5.74, 6) is -0.0327. The average molecular weight is 543 g/mol. The fourth-order valence-corrected chi connectivity index (χ4v) is 4.34. The van der Waals surface area contributed by atoms with Crippen LogP contribution in [-0.4, -0.2) is 55.0 Å². The summed E-state index contributed by atoms with van der Waals surface area (Å²) in [7, 11) is 1.59. The first-order valence-electron chi connectivity index (χ1n) is 13.2. The molecule has 3 aromatic carbocycles. The number of ether oxygens (including phenoxy) is 2. The predicted octanol–water partition coefficient (Wildman–Crippen LogP) is 4.57. The zero-order valence-electron chi connectivity index (χ0n) is 22.9. The molecule has 0 radical (unpaired) electrons. The topological polar surface area (TPSA) is 89.3 Å². The number of carbonyl (C=O) groups excluding carboxylic acids is 2. The van der Waals surface area contributed by atoms with Gasteiger partial charge in [-0.25, -0.2) is 0 Å². The molecule has 0 atom stereocenters. The van der Waals surface area contributed by atoms with E-state index >= 15 is 0 Å². The number of rotatable bonds is 13. The molecule has 0 bridgehead atoms. The van der Waals surface area contributed by atoms with Crippen molar-refractivity contribution in [2.24, 2.45) is 0 Å². The zero-order chi connectivity index (χ0) is 28.3. The number of aryl methyl sites for hydroxylation is 1. The summed E-state index contributed by atoms with van der Waals surface area (Å²) in [6.45, 7) is 2.64. The first-order valence-corrected chi connectivity index (χ1v) is 13.2. The van der Waals surface area contributed by atoms with Crippen molar-refractivity contribution in [3.63, 3.8) is 0 Å². The minimum Gasteiger partial charge on any atom is -0.484 e. The Morgan fingerprint density at radius 2 is 1.60 bits per heavy atom. The number of nitrogens with zero attached hydrogens (tertiary/aromatic N) is 2. The van der Waals surface area contributed by atoms with Gasteiger partial charge in [-0.3, -0.25) is 14.4 Å². The average Bonchev–Trinajstić information content (AvgIpc) is 2.97. The molecule has 8 heteroatoms. The maximum atomic E-state index is 13.7. The number of fused-ring (bicyclic) bond motifs is 1. The van der Waals surface area contributed by atoms with Crippen LogP contribution in [0.2, 0.25) is 0 Å². The summed E-state index contributed by atoms with van der Waals surface area (Å²) in [6.07, 6.45) is 1.98. The van der Waals surface area contributed by atoms with E-state index in [1.807, 2.05) is 61.5 Å². The van der Waals surface area contributed by atoms with E-state index in [0.29, 0.717) is 41.9 Å². The third-order valence-corrected chi connectivity index (χ3v) is 6.49. The maximum Gasteiger partial charge on any atom is 0.260 e. The lowest BCUT2D eigenvalue weighted by Gasteiger charge is -2.28. The highest BCUT2D eigenvalue weighted by atomic mass is 16.5. The highest BCUT2D eigenvalue weighted by Gasteiger charge is 2.23. The summed E-state index contributed by atoms with van der Waals surface area (Å²) in [5, 5.41) is 0.471. The Kier molecular flexibility index (Phi) is 10.1.